The summed E-state index contributed by atoms with van der Waals surface area (Å²) in [7, 11) is 0. The first-order valence-corrected chi connectivity index (χ1v) is 11.3. The van der Waals surface area contributed by atoms with Crippen LogP contribution in [-0.2, 0) is 9.59 Å². The fourth-order valence-electron chi connectivity index (χ4n) is 3.39. The fourth-order valence-corrected chi connectivity index (χ4v) is 3.81. The smallest absolute Gasteiger partial charge is 0.475 e. The summed E-state index contributed by atoms with van der Waals surface area (Å²) in [5.74, 6) is -2.89. The van der Waals surface area contributed by atoms with Gasteiger partial charge < -0.3 is 26.0 Å². The highest BCUT2D eigenvalue weighted by Gasteiger charge is 2.38. The molecule has 1 atom stereocenters. The predicted octanol–water partition coefficient (Wildman–Crippen LogP) is 3.33. The molecule has 0 bridgehead atoms. The number of fused-ring (bicyclic) bond motifs is 1. The van der Waals surface area contributed by atoms with E-state index in [0.717, 1.165) is 20.9 Å². The number of hydrogen-bond donors (Lipinski definition) is 4. The third-order valence-corrected chi connectivity index (χ3v) is 5.78. The van der Waals surface area contributed by atoms with Crippen molar-refractivity contribution in [1.29, 1.82) is 0 Å². The van der Waals surface area contributed by atoms with Crippen molar-refractivity contribution in [3.05, 3.63) is 58.7 Å². The minimum atomic E-state index is -5.08. The summed E-state index contributed by atoms with van der Waals surface area (Å²) in [6.45, 7) is 1.82. The average molecular weight is 571 g/mol. The predicted molar refractivity (Wildman–Crippen MR) is 128 cm³/mol. The third kappa shape index (κ3) is 6.95. The Labute approximate surface area is 211 Å². The highest BCUT2D eigenvalue weighted by molar-refractivity contribution is 9.10. The number of hydrogen-bond acceptors (Lipinski definition) is 5. The van der Waals surface area contributed by atoms with E-state index in [-0.39, 0.29) is 11.9 Å². The Morgan fingerprint density at radius 3 is 2.33 bits per heavy atom. The summed E-state index contributed by atoms with van der Waals surface area (Å²) in [6, 6.07) is 12.1. The van der Waals surface area contributed by atoms with Gasteiger partial charge in [-0.1, -0.05) is 28.1 Å². The molecule has 1 aromatic heterocycles. The number of benzene rings is 2. The van der Waals surface area contributed by atoms with E-state index in [1.54, 1.807) is 16.0 Å². The number of alkyl halides is 3. The number of halogens is 4. The van der Waals surface area contributed by atoms with Crippen LogP contribution >= 0.6 is 15.9 Å². The van der Waals surface area contributed by atoms with Gasteiger partial charge in [0.25, 0.3) is 0 Å². The summed E-state index contributed by atoms with van der Waals surface area (Å²) in [5, 5.41) is 17.8. The topological polar surface area (TPSA) is 145 Å². The number of nitrogens with two attached hydrogens (primary N) is 1. The Kier molecular flexibility index (Phi) is 8.53. The number of aliphatic carboxylic acids is 1. The zero-order valence-electron chi connectivity index (χ0n) is 18.6. The molecule has 1 fully saturated rings. The summed E-state index contributed by atoms with van der Waals surface area (Å²) >= 11 is 3.40. The molecule has 0 saturated carbocycles. The summed E-state index contributed by atoms with van der Waals surface area (Å²) in [5.41, 5.74) is 8.54. The van der Waals surface area contributed by atoms with Crippen LogP contribution in [0.5, 0.6) is 0 Å². The number of amides is 3. The molecule has 4 rings (SSSR count). The molecule has 1 aliphatic rings. The quantitative estimate of drug-likeness (QED) is 0.380. The number of rotatable bonds is 3. The number of piperazine rings is 1. The van der Waals surface area contributed by atoms with E-state index in [0.29, 0.717) is 31.9 Å². The van der Waals surface area contributed by atoms with Gasteiger partial charge in [-0.15, -0.1) is 0 Å². The number of carboxylic acid groups (broad SMARTS) is 1. The molecule has 2 aromatic carbocycles. The molecule has 1 aliphatic heterocycles. The van der Waals surface area contributed by atoms with Crippen molar-refractivity contribution in [2.24, 2.45) is 5.73 Å². The second kappa shape index (κ2) is 11.4. The normalized spacial score (nSPS) is 14.6. The van der Waals surface area contributed by atoms with Gasteiger partial charge in [0, 0.05) is 41.7 Å². The third-order valence-electron chi connectivity index (χ3n) is 5.29. The maximum absolute atomic E-state index is 12.7. The van der Waals surface area contributed by atoms with E-state index in [2.05, 4.69) is 31.4 Å². The monoisotopic (exact) mass is 570 g/mol. The van der Waals surface area contributed by atoms with Gasteiger partial charge >= 0.3 is 18.2 Å². The summed E-state index contributed by atoms with van der Waals surface area (Å²) in [6.07, 6.45) is -3.37. The Bertz CT molecular complexity index is 1240. The molecule has 1 unspecified atom stereocenters. The summed E-state index contributed by atoms with van der Waals surface area (Å²) < 4.78 is 32.6. The van der Waals surface area contributed by atoms with Gasteiger partial charge in [-0.05, 0) is 35.9 Å². The van der Waals surface area contributed by atoms with E-state index in [9.17, 15) is 22.8 Å². The standard InChI is InChI=1S/C20H21BrN6O2.C2HF3O2/c21-15-3-1-2-13(10-15)18(22)19(28)26-6-8-27(9-7-26)20(29)24-16-4-5-17-14(11-16)12-23-25-17;3-2(4,5)1(6)7/h1-5,10-12,18H,6-9,22H2,(H,23,25)(H,24,29);(H,6,7). The molecule has 1 saturated heterocycles. The van der Waals surface area contributed by atoms with Crippen LogP contribution in [0.4, 0.5) is 23.7 Å². The lowest BCUT2D eigenvalue weighted by Gasteiger charge is -2.35. The average Bonchev–Trinajstić information content (AvgIpc) is 3.31. The SMILES string of the molecule is NC(C(=O)N1CCN(C(=O)Nc2ccc3[nH]ncc3c2)CC1)c1cccc(Br)c1.O=C(O)C(F)(F)F. The second-order valence-corrected chi connectivity index (χ2v) is 8.67. The highest BCUT2D eigenvalue weighted by atomic mass is 79.9. The summed E-state index contributed by atoms with van der Waals surface area (Å²) in [4.78, 5) is 37.6. The van der Waals surface area contributed by atoms with Crippen LogP contribution in [0.1, 0.15) is 11.6 Å². The lowest BCUT2D eigenvalue weighted by Crippen LogP contribution is -2.53. The van der Waals surface area contributed by atoms with Crippen molar-refractivity contribution < 1.29 is 32.7 Å². The Morgan fingerprint density at radius 1 is 1.08 bits per heavy atom. The van der Waals surface area contributed by atoms with Gasteiger partial charge in [-0.25, -0.2) is 9.59 Å². The molecular formula is C22H22BrF3N6O4. The van der Waals surface area contributed by atoms with E-state index in [1.807, 2.05) is 42.5 Å². The van der Waals surface area contributed by atoms with Gasteiger partial charge in [-0.2, -0.15) is 18.3 Å². The molecule has 192 valence electrons. The minimum absolute atomic E-state index is 0.131. The maximum atomic E-state index is 12.7. The van der Waals surface area contributed by atoms with Crippen molar-refractivity contribution in [1.82, 2.24) is 20.0 Å². The van der Waals surface area contributed by atoms with Crippen molar-refractivity contribution in [2.45, 2.75) is 12.2 Å². The number of anilines is 1. The van der Waals surface area contributed by atoms with Gasteiger partial charge in [0.05, 0.1) is 11.7 Å². The van der Waals surface area contributed by atoms with Crippen LogP contribution in [0, 0.1) is 0 Å². The molecule has 0 aliphatic carbocycles. The first-order valence-electron chi connectivity index (χ1n) is 10.5. The van der Waals surface area contributed by atoms with Crippen LogP contribution in [0.2, 0.25) is 0 Å². The molecule has 5 N–H and O–H groups in total. The molecule has 10 nitrogen and oxygen atoms in total. The number of carbonyl (C=O) groups excluding carboxylic acids is 2. The van der Waals surface area contributed by atoms with Gasteiger partial charge in [0.2, 0.25) is 5.91 Å². The van der Waals surface area contributed by atoms with Gasteiger partial charge in [-0.3, -0.25) is 9.89 Å². The van der Waals surface area contributed by atoms with Crippen LogP contribution in [-0.4, -0.2) is 75.4 Å². The number of H-pyrrole nitrogens is 1. The number of aromatic amines is 1. The van der Waals surface area contributed by atoms with E-state index < -0.39 is 18.2 Å². The molecule has 3 aromatic rings. The number of nitrogens with one attached hydrogen (secondary N) is 2. The van der Waals surface area contributed by atoms with Crippen molar-refractivity contribution in [2.75, 3.05) is 31.5 Å². The zero-order valence-corrected chi connectivity index (χ0v) is 20.2. The van der Waals surface area contributed by atoms with E-state index >= 15 is 0 Å². The Balaban J connectivity index is 0.000000454. The lowest BCUT2D eigenvalue weighted by molar-refractivity contribution is -0.192. The van der Waals surface area contributed by atoms with Crippen LogP contribution in [0.15, 0.2) is 53.1 Å². The van der Waals surface area contributed by atoms with Crippen LogP contribution in [0.3, 0.4) is 0 Å². The number of carboxylic acids is 1. The molecule has 0 radical (unpaired) electrons. The van der Waals surface area contributed by atoms with Crippen molar-refractivity contribution in [3.8, 4) is 0 Å². The molecule has 3 amide bonds. The van der Waals surface area contributed by atoms with Crippen molar-refractivity contribution >= 4 is 50.4 Å². The molecule has 36 heavy (non-hydrogen) atoms. The number of aromatic nitrogens is 2. The molecule has 14 heteroatoms. The second-order valence-electron chi connectivity index (χ2n) is 7.75. The Morgan fingerprint density at radius 2 is 1.72 bits per heavy atom. The highest BCUT2D eigenvalue weighted by Crippen LogP contribution is 2.20. The van der Waals surface area contributed by atoms with Gasteiger partial charge in [0.15, 0.2) is 0 Å². The van der Waals surface area contributed by atoms with Crippen LogP contribution in [0.25, 0.3) is 10.9 Å². The first kappa shape index (κ1) is 26.9. The Hall–Kier alpha value is -3.65. The number of urea groups is 1. The number of nitrogens with zero attached hydrogens (tertiary/aromatic N) is 3. The molecule has 2 heterocycles. The molecular weight excluding hydrogens is 549 g/mol. The molecule has 0 spiro atoms. The van der Waals surface area contributed by atoms with Crippen LogP contribution < -0.4 is 11.1 Å². The zero-order chi connectivity index (χ0) is 26.5. The largest absolute Gasteiger partial charge is 0.490 e. The van der Waals surface area contributed by atoms with E-state index in [4.69, 9.17) is 15.6 Å². The maximum Gasteiger partial charge on any atom is 0.490 e. The van der Waals surface area contributed by atoms with Gasteiger partial charge in [0.1, 0.15) is 6.04 Å². The van der Waals surface area contributed by atoms with E-state index in [1.165, 1.54) is 0 Å². The fraction of sp³-hybridized carbons (Fsp3) is 0.273. The number of carbonyl (C=O) groups is 3. The first-order chi connectivity index (χ1) is 17.0. The lowest BCUT2D eigenvalue weighted by atomic mass is 10.1. The van der Waals surface area contributed by atoms with Crippen molar-refractivity contribution in [3.63, 3.8) is 0 Å². The minimum Gasteiger partial charge on any atom is -0.475 e.